The number of nitrogens with one attached hydrogen (secondary N) is 1. The van der Waals surface area contributed by atoms with Crippen LogP contribution in [-0.2, 0) is 12.0 Å². The van der Waals surface area contributed by atoms with Crippen molar-refractivity contribution in [2.45, 2.75) is 45.6 Å². The maximum Gasteiger partial charge on any atom is 0.163 e. The minimum Gasteiger partial charge on any atom is -0.493 e. The fourth-order valence-electron chi connectivity index (χ4n) is 9.82. The number of methoxy groups -OCH3 is 1. The molecule has 10 rings (SSSR count). The molecular formula is C27H28N8O. The first-order valence-corrected chi connectivity index (χ1v) is 13.2. The second-order valence-corrected chi connectivity index (χ2v) is 12.1. The molecule has 0 unspecified atom stereocenters. The van der Waals surface area contributed by atoms with Gasteiger partial charge in [0.05, 0.1) is 30.0 Å². The Bertz CT molecular complexity index is 1500. The van der Waals surface area contributed by atoms with Crippen LogP contribution in [0.2, 0.25) is 0 Å². The molecular weight excluding hydrogens is 452 g/mol. The zero-order valence-electron chi connectivity index (χ0n) is 20.9. The fraction of sp³-hybridized carbons (Fsp3) is 0.593. The number of ether oxygens (including phenoxy) is 1. The molecule has 7 saturated carbocycles. The van der Waals surface area contributed by atoms with Gasteiger partial charge in [-0.3, -0.25) is 0 Å². The number of hydrogen-bond acceptors (Lipinski definition) is 7. The monoisotopic (exact) mass is 480 g/mol. The van der Waals surface area contributed by atoms with Crippen LogP contribution in [-0.4, -0.2) is 36.6 Å². The van der Waals surface area contributed by atoms with Gasteiger partial charge in [-0.05, 0) is 75.0 Å². The lowest BCUT2D eigenvalue weighted by atomic mass is 8.92. The van der Waals surface area contributed by atoms with Crippen molar-refractivity contribution in [1.29, 1.82) is 5.26 Å². The van der Waals surface area contributed by atoms with Crippen LogP contribution in [0, 0.1) is 78.9 Å². The largest absolute Gasteiger partial charge is 0.493 e. The molecule has 0 spiro atoms. The predicted molar refractivity (Wildman–Crippen MR) is 129 cm³/mol. The number of nitriles is 1. The summed E-state index contributed by atoms with van der Waals surface area (Å²) in [6.45, 7) is 7.09. The third kappa shape index (κ3) is 1.73. The molecule has 0 saturated heterocycles. The summed E-state index contributed by atoms with van der Waals surface area (Å²) in [5.74, 6) is 8.08. The third-order valence-electron chi connectivity index (χ3n) is 11.1. The average molecular weight is 481 g/mol. The second kappa shape index (κ2) is 5.77. The topological polar surface area (TPSA) is 106 Å². The van der Waals surface area contributed by atoms with Gasteiger partial charge in [0, 0.05) is 23.6 Å². The van der Waals surface area contributed by atoms with Crippen molar-refractivity contribution in [2.24, 2.45) is 46.8 Å². The molecule has 7 aliphatic rings. The van der Waals surface area contributed by atoms with Crippen LogP contribution in [0.25, 0.3) is 5.82 Å². The van der Waals surface area contributed by atoms with Gasteiger partial charge >= 0.3 is 0 Å². The van der Waals surface area contributed by atoms with E-state index < -0.39 is 0 Å². The van der Waals surface area contributed by atoms with Gasteiger partial charge in [-0.15, -0.1) is 0 Å². The number of anilines is 2. The summed E-state index contributed by atoms with van der Waals surface area (Å²) in [6.07, 6.45) is 4.14. The summed E-state index contributed by atoms with van der Waals surface area (Å²) < 4.78 is 9.52. The van der Waals surface area contributed by atoms with Gasteiger partial charge in [0.2, 0.25) is 0 Å². The Labute approximate surface area is 208 Å². The van der Waals surface area contributed by atoms with Gasteiger partial charge in [0.25, 0.3) is 0 Å². The third-order valence-corrected chi connectivity index (χ3v) is 11.1. The highest BCUT2D eigenvalue weighted by molar-refractivity contribution is 5.69. The first-order valence-electron chi connectivity index (χ1n) is 13.2. The zero-order chi connectivity index (χ0) is 24.3. The minimum atomic E-state index is 0.0797. The van der Waals surface area contributed by atoms with Crippen molar-refractivity contribution in [2.75, 3.05) is 12.4 Å². The molecule has 182 valence electrons. The van der Waals surface area contributed by atoms with E-state index in [1.54, 1.807) is 18.1 Å². The Morgan fingerprint density at radius 2 is 1.81 bits per heavy atom. The maximum atomic E-state index is 9.79. The summed E-state index contributed by atoms with van der Waals surface area (Å²) >= 11 is 0. The number of nitrogens with zero attached hydrogens (tertiary/aromatic N) is 7. The first kappa shape index (κ1) is 19.7. The van der Waals surface area contributed by atoms with Crippen LogP contribution in [0.3, 0.4) is 0 Å². The van der Waals surface area contributed by atoms with Crippen molar-refractivity contribution in [1.82, 2.24) is 29.5 Å². The highest BCUT2D eigenvalue weighted by Gasteiger charge is 3.11. The molecule has 36 heavy (non-hydrogen) atoms. The van der Waals surface area contributed by atoms with Crippen molar-refractivity contribution < 1.29 is 4.74 Å². The molecule has 0 aromatic carbocycles. The van der Waals surface area contributed by atoms with Crippen molar-refractivity contribution in [3.05, 3.63) is 35.0 Å². The minimum absolute atomic E-state index is 0.0797. The summed E-state index contributed by atoms with van der Waals surface area (Å²) in [4.78, 5) is 9.03. The highest BCUT2D eigenvalue weighted by atomic mass is 16.5. The Balaban J connectivity index is 1.08. The van der Waals surface area contributed by atoms with Crippen LogP contribution in [0.1, 0.15) is 35.5 Å². The van der Waals surface area contributed by atoms with Gasteiger partial charge in [-0.1, -0.05) is 0 Å². The molecule has 0 amide bonds. The standard InChI is InChI=1S/C27H28N8O/c1-11-24(27-20-17-21(27)19-22(27)18(20)26(17,19)9-28)33-34(8-14-5-6-14)25(11)31-15-7-16(30-10-29-15)35-13(3)23(36-4)12(2)32-35/h7,10,14,17-22H,5-6,8H2,1-4H3,(H,29,30,31). The predicted octanol–water partition coefficient (Wildman–Crippen LogP) is 3.46. The van der Waals surface area contributed by atoms with E-state index in [0.717, 1.165) is 35.3 Å². The van der Waals surface area contributed by atoms with Crippen LogP contribution in [0.5, 0.6) is 5.75 Å². The smallest absolute Gasteiger partial charge is 0.163 e. The van der Waals surface area contributed by atoms with E-state index in [2.05, 4.69) is 38.1 Å². The summed E-state index contributed by atoms with van der Waals surface area (Å²) in [5, 5.41) is 23.3. The van der Waals surface area contributed by atoms with E-state index in [9.17, 15) is 5.26 Å². The quantitative estimate of drug-likeness (QED) is 0.552. The van der Waals surface area contributed by atoms with Crippen LogP contribution in [0.4, 0.5) is 11.6 Å². The normalized spacial score (nSPS) is 39.1. The molecule has 7 aliphatic carbocycles. The molecule has 9 heteroatoms. The van der Waals surface area contributed by atoms with E-state index in [1.165, 1.54) is 24.1 Å². The number of hydrogen-bond donors (Lipinski definition) is 1. The van der Waals surface area contributed by atoms with Crippen LogP contribution in [0.15, 0.2) is 12.4 Å². The molecule has 0 bridgehead atoms. The van der Waals surface area contributed by atoms with Crippen molar-refractivity contribution >= 4 is 11.6 Å². The van der Waals surface area contributed by atoms with Gasteiger partial charge in [-0.2, -0.15) is 15.5 Å². The molecule has 1 N–H and O–H groups in total. The lowest BCUT2D eigenvalue weighted by molar-refractivity contribution is -0.611. The summed E-state index contributed by atoms with van der Waals surface area (Å²) in [6, 6.07) is 4.66. The van der Waals surface area contributed by atoms with Gasteiger partial charge < -0.3 is 10.1 Å². The van der Waals surface area contributed by atoms with Crippen molar-refractivity contribution in [3.63, 3.8) is 0 Å². The average Bonchev–Trinajstić information content (AvgIpc) is 3.60. The van der Waals surface area contributed by atoms with Crippen LogP contribution < -0.4 is 10.1 Å². The molecule has 0 radical (unpaired) electrons. The molecule has 9 nitrogen and oxygen atoms in total. The Morgan fingerprint density at radius 1 is 1.08 bits per heavy atom. The molecule has 3 aromatic rings. The lowest BCUT2D eigenvalue weighted by Gasteiger charge is -3.09. The second-order valence-electron chi connectivity index (χ2n) is 12.1. The Kier molecular flexibility index (Phi) is 3.16. The zero-order valence-corrected chi connectivity index (χ0v) is 20.9. The first-order chi connectivity index (χ1) is 17.5. The Hall–Kier alpha value is -3.41. The summed E-state index contributed by atoms with van der Waals surface area (Å²) in [7, 11) is 1.67. The Morgan fingerprint density at radius 3 is 2.42 bits per heavy atom. The maximum absolute atomic E-state index is 9.79. The van der Waals surface area contributed by atoms with Crippen molar-refractivity contribution in [3.8, 4) is 17.6 Å². The highest BCUT2D eigenvalue weighted by Crippen LogP contribution is 3.09. The molecule has 0 atom stereocenters. The van der Waals surface area contributed by atoms with Gasteiger partial charge in [-0.25, -0.2) is 19.3 Å². The SMILES string of the molecule is COc1c(C)nn(-c2cc(Nc3c(C)c(C45C6C7C4C4C5C6C74C#N)nn3CC3CC3)ncn2)c1C. The van der Waals surface area contributed by atoms with Gasteiger partial charge in [0.1, 0.15) is 23.7 Å². The lowest BCUT2D eigenvalue weighted by Crippen LogP contribution is -3.11. The number of aromatic nitrogens is 6. The van der Waals surface area contributed by atoms with E-state index in [1.807, 2.05) is 19.9 Å². The van der Waals surface area contributed by atoms with Crippen LogP contribution >= 0.6 is 0 Å². The van der Waals surface area contributed by atoms with Gasteiger partial charge in [0.15, 0.2) is 11.6 Å². The summed E-state index contributed by atoms with van der Waals surface area (Å²) in [5.41, 5.74) is 4.65. The van der Waals surface area contributed by atoms with E-state index >= 15 is 0 Å². The van der Waals surface area contributed by atoms with E-state index in [0.29, 0.717) is 47.2 Å². The molecule has 3 aromatic heterocycles. The number of aryl methyl sites for hydroxylation is 1. The fourth-order valence-corrected chi connectivity index (χ4v) is 9.82. The molecule has 7 fully saturated rings. The molecule has 3 heterocycles. The number of rotatable bonds is 7. The van der Waals surface area contributed by atoms with E-state index in [4.69, 9.17) is 9.84 Å². The molecule has 0 aliphatic heterocycles. The van der Waals surface area contributed by atoms with E-state index in [-0.39, 0.29) is 10.8 Å².